The molecule has 0 aromatic rings. The zero-order valence-electron chi connectivity index (χ0n) is 6.93. The van der Waals surface area contributed by atoms with Crippen molar-refractivity contribution < 1.29 is 13.2 Å². The molecule has 1 saturated heterocycles. The van der Waals surface area contributed by atoms with Crippen molar-refractivity contribution in [3.8, 4) is 0 Å². The van der Waals surface area contributed by atoms with E-state index in [4.69, 9.17) is 5.14 Å². The standard InChI is InChI=1S/C7H10N2O3S/c8-13(11,12)4-6-2-1-5-3-7(10)9(5)6/h2,5H,1,3-4H2,(H2,8,11,12)/t5-/m1/s1. The molecule has 2 rings (SSSR count). The molecule has 0 aromatic carbocycles. The minimum absolute atomic E-state index is 0.00241. The fourth-order valence-electron chi connectivity index (χ4n) is 1.77. The number of carbonyl (C=O) groups is 1. The fraction of sp³-hybridized carbons (Fsp3) is 0.571. The molecule has 72 valence electrons. The average molecular weight is 202 g/mol. The maximum absolute atomic E-state index is 11.1. The molecule has 0 unspecified atom stereocenters. The van der Waals surface area contributed by atoms with Gasteiger partial charge in [0.2, 0.25) is 15.9 Å². The predicted molar refractivity (Wildman–Crippen MR) is 45.9 cm³/mol. The summed E-state index contributed by atoms with van der Waals surface area (Å²) >= 11 is 0. The topological polar surface area (TPSA) is 80.5 Å². The molecule has 0 aliphatic carbocycles. The second-order valence-corrected chi connectivity index (χ2v) is 4.97. The number of amides is 1. The highest BCUT2D eigenvalue weighted by atomic mass is 32.2. The Bertz CT molecular complexity index is 385. The Morgan fingerprint density at radius 1 is 1.62 bits per heavy atom. The molecule has 0 aromatic heterocycles. The summed E-state index contributed by atoms with van der Waals surface area (Å²) in [5, 5.41) is 4.89. The molecule has 1 atom stereocenters. The van der Waals surface area contributed by atoms with Crippen LogP contribution < -0.4 is 5.14 Å². The number of rotatable bonds is 2. The van der Waals surface area contributed by atoms with Gasteiger partial charge in [-0.1, -0.05) is 6.08 Å². The second-order valence-electron chi connectivity index (χ2n) is 3.36. The minimum Gasteiger partial charge on any atom is -0.311 e. The maximum atomic E-state index is 11.1. The summed E-state index contributed by atoms with van der Waals surface area (Å²) in [7, 11) is -3.52. The van der Waals surface area contributed by atoms with E-state index in [1.165, 1.54) is 4.90 Å². The van der Waals surface area contributed by atoms with E-state index in [1.807, 2.05) is 0 Å². The monoisotopic (exact) mass is 202 g/mol. The molecule has 2 aliphatic heterocycles. The first-order valence-corrected chi connectivity index (χ1v) is 5.70. The molecule has 0 bridgehead atoms. The lowest BCUT2D eigenvalue weighted by atomic mass is 10.0. The smallest absolute Gasteiger partial charge is 0.229 e. The van der Waals surface area contributed by atoms with Gasteiger partial charge < -0.3 is 4.90 Å². The Morgan fingerprint density at radius 2 is 2.31 bits per heavy atom. The molecule has 6 heteroatoms. The second kappa shape index (κ2) is 2.55. The predicted octanol–water partition coefficient (Wildman–Crippen LogP) is -0.837. The van der Waals surface area contributed by atoms with Crippen molar-refractivity contribution in [3.63, 3.8) is 0 Å². The fourth-order valence-corrected chi connectivity index (χ4v) is 2.44. The van der Waals surface area contributed by atoms with Crippen molar-refractivity contribution in [1.82, 2.24) is 4.90 Å². The van der Waals surface area contributed by atoms with Gasteiger partial charge in [-0.2, -0.15) is 0 Å². The van der Waals surface area contributed by atoms with E-state index in [9.17, 15) is 13.2 Å². The van der Waals surface area contributed by atoms with Crippen molar-refractivity contribution in [2.75, 3.05) is 5.75 Å². The molecule has 0 saturated carbocycles. The van der Waals surface area contributed by atoms with Gasteiger partial charge in [-0.15, -0.1) is 0 Å². The van der Waals surface area contributed by atoms with Crippen molar-refractivity contribution in [3.05, 3.63) is 11.8 Å². The third-order valence-electron chi connectivity index (χ3n) is 2.33. The third-order valence-corrected chi connectivity index (χ3v) is 3.03. The van der Waals surface area contributed by atoms with Crippen molar-refractivity contribution in [2.24, 2.45) is 5.14 Å². The van der Waals surface area contributed by atoms with E-state index in [-0.39, 0.29) is 17.7 Å². The van der Waals surface area contributed by atoms with Crippen LogP contribution in [0.25, 0.3) is 0 Å². The number of primary sulfonamides is 1. The van der Waals surface area contributed by atoms with Gasteiger partial charge >= 0.3 is 0 Å². The zero-order chi connectivity index (χ0) is 9.64. The van der Waals surface area contributed by atoms with Gasteiger partial charge in [0.15, 0.2) is 0 Å². The first kappa shape index (κ1) is 8.71. The van der Waals surface area contributed by atoms with Crippen LogP contribution in [0.2, 0.25) is 0 Å². The normalized spacial score (nSPS) is 26.8. The van der Waals surface area contributed by atoms with E-state index in [0.717, 1.165) is 6.42 Å². The number of β-lactam (4-membered cyclic amide) rings is 1. The molecule has 2 heterocycles. The Hall–Kier alpha value is -0.880. The lowest BCUT2D eigenvalue weighted by Gasteiger charge is -2.36. The summed E-state index contributed by atoms with van der Waals surface area (Å²) in [4.78, 5) is 12.6. The number of carbonyl (C=O) groups excluding carboxylic acids is 1. The van der Waals surface area contributed by atoms with Crippen LogP contribution >= 0.6 is 0 Å². The zero-order valence-corrected chi connectivity index (χ0v) is 7.75. The summed E-state index contributed by atoms with van der Waals surface area (Å²) in [6.45, 7) is 0. The summed E-state index contributed by atoms with van der Waals surface area (Å²) in [5.41, 5.74) is 0.545. The van der Waals surface area contributed by atoms with Crippen LogP contribution in [0.1, 0.15) is 12.8 Å². The van der Waals surface area contributed by atoms with Gasteiger partial charge in [-0.25, -0.2) is 13.6 Å². The van der Waals surface area contributed by atoms with Crippen LogP contribution in [0.3, 0.4) is 0 Å². The highest BCUT2D eigenvalue weighted by molar-refractivity contribution is 7.89. The van der Waals surface area contributed by atoms with Crippen LogP contribution in [0.4, 0.5) is 0 Å². The van der Waals surface area contributed by atoms with Crippen LogP contribution in [0.5, 0.6) is 0 Å². The Morgan fingerprint density at radius 3 is 2.85 bits per heavy atom. The van der Waals surface area contributed by atoms with Crippen LogP contribution in [-0.2, 0) is 14.8 Å². The molecule has 0 radical (unpaired) electrons. The minimum atomic E-state index is -3.52. The van der Waals surface area contributed by atoms with E-state index in [2.05, 4.69) is 0 Å². The van der Waals surface area contributed by atoms with Gasteiger partial charge in [-0.3, -0.25) is 4.79 Å². The SMILES string of the molecule is NS(=O)(=O)CC1=CC[C@@H]2CC(=O)N12. The maximum Gasteiger partial charge on any atom is 0.229 e. The molecule has 0 spiro atoms. The molecule has 13 heavy (non-hydrogen) atoms. The van der Waals surface area contributed by atoms with Crippen molar-refractivity contribution in [2.45, 2.75) is 18.9 Å². The number of fused-ring (bicyclic) bond motifs is 1. The number of hydrogen-bond donors (Lipinski definition) is 1. The third kappa shape index (κ3) is 1.47. The summed E-state index contributed by atoms with van der Waals surface area (Å²) < 4.78 is 21.5. The largest absolute Gasteiger partial charge is 0.311 e. The molecule has 2 N–H and O–H groups in total. The number of sulfonamides is 1. The van der Waals surface area contributed by atoms with E-state index >= 15 is 0 Å². The van der Waals surface area contributed by atoms with Crippen molar-refractivity contribution in [1.29, 1.82) is 0 Å². The molecule has 1 amide bonds. The number of nitrogens with two attached hydrogens (primary N) is 1. The van der Waals surface area contributed by atoms with Crippen LogP contribution in [-0.4, -0.2) is 31.0 Å². The van der Waals surface area contributed by atoms with E-state index in [0.29, 0.717) is 12.1 Å². The molecule has 2 aliphatic rings. The quantitative estimate of drug-likeness (QED) is 0.593. The Kier molecular flexibility index (Phi) is 1.71. The van der Waals surface area contributed by atoms with Gasteiger partial charge in [0.1, 0.15) is 5.75 Å². The highest BCUT2D eigenvalue weighted by Crippen LogP contribution is 2.33. The van der Waals surface area contributed by atoms with Gasteiger partial charge in [0.25, 0.3) is 0 Å². The average Bonchev–Trinajstić information content (AvgIpc) is 2.21. The first-order chi connectivity index (χ1) is 5.97. The van der Waals surface area contributed by atoms with Crippen LogP contribution in [0.15, 0.2) is 11.8 Å². The molecular weight excluding hydrogens is 192 g/mol. The van der Waals surface area contributed by atoms with E-state index < -0.39 is 10.0 Å². The van der Waals surface area contributed by atoms with E-state index in [1.54, 1.807) is 6.08 Å². The van der Waals surface area contributed by atoms with Gasteiger partial charge in [0, 0.05) is 18.2 Å². The number of nitrogens with zero attached hydrogens (tertiary/aromatic N) is 1. The lowest BCUT2D eigenvalue weighted by Crippen LogP contribution is -2.49. The highest BCUT2D eigenvalue weighted by Gasteiger charge is 2.41. The van der Waals surface area contributed by atoms with Gasteiger partial charge in [-0.05, 0) is 6.42 Å². The summed E-state index contributed by atoms with van der Waals surface area (Å²) in [5.74, 6) is -0.229. The summed E-state index contributed by atoms with van der Waals surface area (Å²) in [6, 6.07) is 0.198. The molecular formula is C7H10N2O3S. The van der Waals surface area contributed by atoms with Crippen molar-refractivity contribution >= 4 is 15.9 Å². The Balaban J connectivity index is 2.13. The first-order valence-electron chi connectivity index (χ1n) is 3.99. The van der Waals surface area contributed by atoms with Gasteiger partial charge in [0.05, 0.1) is 0 Å². The Labute approximate surface area is 76.2 Å². The lowest BCUT2D eigenvalue weighted by molar-refractivity contribution is -0.140. The molecule has 1 fully saturated rings. The summed E-state index contributed by atoms with van der Waals surface area (Å²) in [6.07, 6.45) is 3.07. The number of hydrogen-bond acceptors (Lipinski definition) is 3. The van der Waals surface area contributed by atoms with Crippen LogP contribution in [0, 0.1) is 0 Å². The molecule has 5 nitrogen and oxygen atoms in total.